The Labute approximate surface area is 147 Å². The number of nitrogens with one attached hydrogen (secondary N) is 2. The molecule has 1 saturated heterocycles. The summed E-state index contributed by atoms with van der Waals surface area (Å²) in [6, 6.07) is 0.708. The molecule has 0 aromatic heterocycles. The van der Waals surface area contributed by atoms with Gasteiger partial charge in [-0.05, 0) is 32.7 Å². The molecule has 1 amide bonds. The third-order valence-corrected chi connectivity index (χ3v) is 4.34. The molecule has 6 nitrogen and oxygen atoms in total. The van der Waals surface area contributed by atoms with E-state index in [4.69, 9.17) is 0 Å². The van der Waals surface area contributed by atoms with Crippen molar-refractivity contribution in [2.45, 2.75) is 45.6 Å². The van der Waals surface area contributed by atoms with Crippen LogP contribution in [0.4, 0.5) is 0 Å². The highest BCUT2D eigenvalue weighted by molar-refractivity contribution is 5.84. The lowest BCUT2D eigenvalue weighted by Crippen LogP contribution is -2.46. The van der Waals surface area contributed by atoms with Crippen molar-refractivity contribution in [1.82, 2.24) is 20.4 Å². The topological polar surface area (TPSA) is 60.0 Å². The summed E-state index contributed by atoms with van der Waals surface area (Å²) in [6.07, 6.45) is 5.17. The maximum atomic E-state index is 11.7. The minimum atomic E-state index is -0.00602. The first-order chi connectivity index (χ1) is 11.4. The molecule has 1 unspecified atom stereocenters. The lowest BCUT2D eigenvalue weighted by molar-refractivity contribution is -0.127. The summed E-state index contributed by atoms with van der Waals surface area (Å²) in [4.78, 5) is 20.2. The van der Waals surface area contributed by atoms with Gasteiger partial charge in [0.05, 0.1) is 0 Å². The van der Waals surface area contributed by atoms with E-state index in [0.717, 1.165) is 18.7 Å². The lowest BCUT2D eigenvalue weighted by Gasteiger charge is -2.35. The standard InChI is InChI=1S/C18H35N5O/c1-6-16-9-7-8-11-23(16)12-10-19-18(20-13-15(2)3)21-14-17(24)22(4)5/h16H,2,6-14H2,1,3-5H3,(H2,19,20,21). The fourth-order valence-corrected chi connectivity index (χ4v) is 2.83. The Morgan fingerprint density at radius 1 is 1.33 bits per heavy atom. The Morgan fingerprint density at radius 2 is 2.08 bits per heavy atom. The third kappa shape index (κ3) is 7.81. The van der Waals surface area contributed by atoms with Crippen LogP contribution in [0.3, 0.4) is 0 Å². The summed E-state index contributed by atoms with van der Waals surface area (Å²) < 4.78 is 0. The molecule has 0 aromatic rings. The van der Waals surface area contributed by atoms with E-state index < -0.39 is 0 Å². The number of rotatable bonds is 8. The maximum Gasteiger partial charge on any atom is 0.243 e. The second-order valence-electron chi connectivity index (χ2n) is 6.78. The first-order valence-electron chi connectivity index (χ1n) is 9.04. The van der Waals surface area contributed by atoms with Crippen LogP contribution in [0.1, 0.15) is 39.5 Å². The first-order valence-corrected chi connectivity index (χ1v) is 9.04. The molecule has 1 rings (SSSR count). The Bertz CT molecular complexity index is 433. The monoisotopic (exact) mass is 337 g/mol. The van der Waals surface area contributed by atoms with Crippen molar-refractivity contribution in [2.24, 2.45) is 4.99 Å². The van der Waals surface area contributed by atoms with E-state index in [9.17, 15) is 4.79 Å². The minimum Gasteiger partial charge on any atom is -0.355 e. The number of amides is 1. The number of hydrogen-bond donors (Lipinski definition) is 2. The van der Waals surface area contributed by atoms with Gasteiger partial charge >= 0.3 is 0 Å². The fourth-order valence-electron chi connectivity index (χ4n) is 2.83. The number of likely N-dealkylation sites (N-methyl/N-ethyl adjacent to an activating group) is 1. The van der Waals surface area contributed by atoms with Crippen LogP contribution < -0.4 is 10.6 Å². The number of guanidine groups is 1. The summed E-state index contributed by atoms with van der Waals surface area (Å²) in [5, 5.41) is 6.57. The van der Waals surface area contributed by atoms with E-state index in [-0.39, 0.29) is 12.5 Å². The molecule has 24 heavy (non-hydrogen) atoms. The number of likely N-dealkylation sites (tertiary alicyclic amines) is 1. The van der Waals surface area contributed by atoms with E-state index in [2.05, 4.69) is 34.0 Å². The molecule has 0 saturated carbocycles. The van der Waals surface area contributed by atoms with Gasteiger partial charge in [0.1, 0.15) is 6.54 Å². The van der Waals surface area contributed by atoms with Gasteiger partial charge in [0, 0.05) is 39.8 Å². The molecular formula is C18H35N5O. The molecule has 1 aliphatic rings. The molecule has 1 aliphatic heterocycles. The average molecular weight is 338 g/mol. The Balaban J connectivity index is 2.49. The van der Waals surface area contributed by atoms with Crippen LogP contribution in [0.15, 0.2) is 17.1 Å². The summed E-state index contributed by atoms with van der Waals surface area (Å²) >= 11 is 0. The molecule has 138 valence electrons. The average Bonchev–Trinajstić information content (AvgIpc) is 2.56. The van der Waals surface area contributed by atoms with Crippen LogP contribution in [0, 0.1) is 0 Å². The van der Waals surface area contributed by atoms with Crippen molar-refractivity contribution in [1.29, 1.82) is 0 Å². The predicted octanol–water partition coefficient (Wildman–Crippen LogP) is 1.45. The highest BCUT2D eigenvalue weighted by Crippen LogP contribution is 2.18. The second-order valence-corrected chi connectivity index (χ2v) is 6.78. The molecule has 2 N–H and O–H groups in total. The molecule has 0 aliphatic carbocycles. The van der Waals surface area contributed by atoms with Gasteiger partial charge in [0.15, 0.2) is 5.96 Å². The van der Waals surface area contributed by atoms with Crippen molar-refractivity contribution in [3.63, 3.8) is 0 Å². The van der Waals surface area contributed by atoms with E-state index in [1.165, 1.54) is 32.2 Å². The fraction of sp³-hybridized carbons (Fsp3) is 0.778. The number of carbonyl (C=O) groups is 1. The van der Waals surface area contributed by atoms with E-state index in [1.807, 2.05) is 6.92 Å². The van der Waals surface area contributed by atoms with Crippen molar-refractivity contribution in [2.75, 3.05) is 46.8 Å². The minimum absolute atomic E-state index is 0.00602. The predicted molar refractivity (Wildman–Crippen MR) is 101 cm³/mol. The zero-order valence-electron chi connectivity index (χ0n) is 15.9. The quantitative estimate of drug-likeness (QED) is 0.400. The number of carbonyl (C=O) groups excluding carboxylic acids is 1. The SMILES string of the molecule is C=C(C)CNC(=NCC(=O)N(C)C)NCCN1CCCCC1CC. The van der Waals surface area contributed by atoms with Gasteiger partial charge in [0.25, 0.3) is 0 Å². The molecule has 1 fully saturated rings. The van der Waals surface area contributed by atoms with Gasteiger partial charge in [-0.3, -0.25) is 9.69 Å². The molecule has 0 radical (unpaired) electrons. The smallest absolute Gasteiger partial charge is 0.243 e. The summed E-state index contributed by atoms with van der Waals surface area (Å²) in [5.74, 6) is 0.673. The summed E-state index contributed by atoms with van der Waals surface area (Å²) in [7, 11) is 3.49. The maximum absolute atomic E-state index is 11.7. The molecule has 0 aromatic carbocycles. The Kier molecular flexibility index (Phi) is 9.45. The zero-order valence-corrected chi connectivity index (χ0v) is 15.9. The number of piperidine rings is 1. The van der Waals surface area contributed by atoms with Crippen molar-refractivity contribution in [3.8, 4) is 0 Å². The van der Waals surface area contributed by atoms with Gasteiger partial charge in [-0.25, -0.2) is 4.99 Å². The van der Waals surface area contributed by atoms with Crippen LogP contribution in [0.2, 0.25) is 0 Å². The summed E-state index contributed by atoms with van der Waals surface area (Å²) in [6.45, 7) is 12.0. The van der Waals surface area contributed by atoms with Crippen LogP contribution in [0.5, 0.6) is 0 Å². The van der Waals surface area contributed by atoms with Crippen molar-refractivity contribution in [3.05, 3.63) is 12.2 Å². The molecule has 0 bridgehead atoms. The molecular weight excluding hydrogens is 302 g/mol. The molecule has 6 heteroatoms. The van der Waals surface area contributed by atoms with E-state index in [0.29, 0.717) is 18.5 Å². The van der Waals surface area contributed by atoms with E-state index in [1.54, 1.807) is 19.0 Å². The number of hydrogen-bond acceptors (Lipinski definition) is 3. The van der Waals surface area contributed by atoms with Gasteiger partial charge in [-0.15, -0.1) is 0 Å². The first kappa shape index (κ1) is 20.5. The third-order valence-electron chi connectivity index (χ3n) is 4.34. The van der Waals surface area contributed by atoms with Gasteiger partial charge in [-0.2, -0.15) is 0 Å². The van der Waals surface area contributed by atoms with Crippen LogP contribution in [-0.2, 0) is 4.79 Å². The lowest BCUT2D eigenvalue weighted by atomic mass is 10.0. The largest absolute Gasteiger partial charge is 0.355 e. The van der Waals surface area contributed by atoms with Crippen LogP contribution in [-0.4, -0.2) is 74.5 Å². The van der Waals surface area contributed by atoms with Crippen molar-refractivity contribution < 1.29 is 4.79 Å². The number of aliphatic imine (C=N–C) groups is 1. The second kappa shape index (κ2) is 11.1. The number of nitrogens with zero attached hydrogens (tertiary/aromatic N) is 3. The Morgan fingerprint density at radius 3 is 2.71 bits per heavy atom. The summed E-state index contributed by atoms with van der Waals surface area (Å²) in [5.41, 5.74) is 1.03. The van der Waals surface area contributed by atoms with Crippen LogP contribution >= 0.6 is 0 Å². The molecule has 1 atom stereocenters. The highest BCUT2D eigenvalue weighted by atomic mass is 16.2. The zero-order chi connectivity index (χ0) is 17.9. The van der Waals surface area contributed by atoms with Gasteiger partial charge in [0.2, 0.25) is 5.91 Å². The van der Waals surface area contributed by atoms with Gasteiger partial charge in [-0.1, -0.05) is 25.5 Å². The van der Waals surface area contributed by atoms with Crippen molar-refractivity contribution >= 4 is 11.9 Å². The molecule has 1 heterocycles. The highest BCUT2D eigenvalue weighted by Gasteiger charge is 2.19. The normalized spacial score (nSPS) is 19.0. The van der Waals surface area contributed by atoms with Gasteiger partial charge < -0.3 is 15.5 Å². The van der Waals surface area contributed by atoms with E-state index >= 15 is 0 Å². The molecule has 0 spiro atoms. The van der Waals surface area contributed by atoms with Crippen LogP contribution in [0.25, 0.3) is 0 Å². The Hall–Kier alpha value is -1.56.